The lowest BCUT2D eigenvalue weighted by Gasteiger charge is -2.38. The molecule has 0 bridgehead atoms. The van der Waals surface area contributed by atoms with Gasteiger partial charge in [-0.3, -0.25) is 11.2 Å². The Balaban J connectivity index is 1.50. The van der Waals surface area contributed by atoms with Gasteiger partial charge in [0.15, 0.2) is 0 Å². The van der Waals surface area contributed by atoms with Gasteiger partial charge in [0.1, 0.15) is 6.07 Å². The highest BCUT2D eigenvalue weighted by Gasteiger charge is 2.33. The summed E-state index contributed by atoms with van der Waals surface area (Å²) in [6.45, 7) is 4.44. The van der Waals surface area contributed by atoms with Crippen LogP contribution < -0.4 is 27.2 Å². The maximum atomic E-state index is 9.65. The molecule has 8 heteroatoms. The molecule has 0 radical (unpaired) electrons. The van der Waals surface area contributed by atoms with Gasteiger partial charge in [-0.15, -0.1) is 0 Å². The molecule has 1 unspecified atom stereocenters. The number of nitrogens with one attached hydrogen (secondary N) is 2. The summed E-state index contributed by atoms with van der Waals surface area (Å²) in [5.41, 5.74) is 19.8. The lowest BCUT2D eigenvalue weighted by molar-refractivity contribution is 0.208. The highest BCUT2D eigenvalue weighted by atomic mass is 15.6. The van der Waals surface area contributed by atoms with Crippen molar-refractivity contribution in [2.75, 3.05) is 31.1 Å². The minimum Gasteiger partial charge on any atom is -0.370 e. The quantitative estimate of drug-likeness (QED) is 0.608. The number of benzene rings is 1. The summed E-state index contributed by atoms with van der Waals surface area (Å²) in [4.78, 5) is 9.13. The number of hydrazine groups is 1. The molecule has 138 valence electrons. The van der Waals surface area contributed by atoms with Gasteiger partial charge in [0.25, 0.3) is 0 Å². The Labute approximate surface area is 153 Å². The summed E-state index contributed by atoms with van der Waals surface area (Å²) in [5.74, 6) is -0.907. The normalized spacial score (nSPS) is 27.2. The molecule has 0 spiro atoms. The number of nitriles is 1. The third-order valence-corrected chi connectivity index (χ3v) is 5.70. The maximum absolute atomic E-state index is 9.65. The van der Waals surface area contributed by atoms with Crippen LogP contribution >= 0.6 is 0 Å². The van der Waals surface area contributed by atoms with Crippen LogP contribution in [0.2, 0.25) is 0 Å². The lowest BCUT2D eigenvalue weighted by atomic mass is 9.99. The lowest BCUT2D eigenvalue weighted by Crippen LogP contribution is -2.50. The van der Waals surface area contributed by atoms with Crippen LogP contribution in [0.4, 0.5) is 5.69 Å². The fourth-order valence-corrected chi connectivity index (χ4v) is 4.26. The smallest absolute Gasteiger partial charge is 0.209 e. The van der Waals surface area contributed by atoms with Gasteiger partial charge in [0.05, 0.1) is 11.3 Å². The molecule has 2 saturated heterocycles. The van der Waals surface area contributed by atoms with Crippen LogP contribution in [0.3, 0.4) is 0 Å². The molecule has 3 aliphatic heterocycles. The number of nitrogens with zero attached hydrogens (tertiary/aromatic N) is 4. The van der Waals surface area contributed by atoms with Crippen LogP contribution in [0.15, 0.2) is 23.2 Å². The average Bonchev–Trinajstić information content (AvgIpc) is 3.32. The molecule has 3 heterocycles. The van der Waals surface area contributed by atoms with E-state index in [1.165, 1.54) is 25.9 Å². The number of guanidine groups is 1. The highest BCUT2D eigenvalue weighted by Crippen LogP contribution is 2.30. The van der Waals surface area contributed by atoms with Crippen LogP contribution in [-0.4, -0.2) is 43.1 Å². The summed E-state index contributed by atoms with van der Waals surface area (Å²) in [6, 6.07) is 8.70. The van der Waals surface area contributed by atoms with Crippen LogP contribution in [0.25, 0.3) is 0 Å². The van der Waals surface area contributed by atoms with Crippen LogP contribution in [-0.2, 0) is 5.79 Å². The van der Waals surface area contributed by atoms with Gasteiger partial charge in [0.2, 0.25) is 11.7 Å². The van der Waals surface area contributed by atoms with E-state index in [1.807, 2.05) is 12.1 Å². The monoisotopic (exact) mass is 354 g/mol. The zero-order valence-corrected chi connectivity index (χ0v) is 14.9. The van der Waals surface area contributed by atoms with Crippen LogP contribution in [0, 0.1) is 11.3 Å². The van der Waals surface area contributed by atoms with E-state index in [4.69, 9.17) is 11.5 Å². The van der Waals surface area contributed by atoms with E-state index in [1.54, 1.807) is 6.07 Å². The molecule has 1 aromatic carbocycles. The Morgan fingerprint density at radius 2 is 1.92 bits per heavy atom. The van der Waals surface area contributed by atoms with Gasteiger partial charge in [-0.1, -0.05) is 6.07 Å². The standard InChI is InChI=1S/C18H26N8/c19-12-13-11-14(18(21)22-17(20)23-24-18)3-4-16(13)26-9-5-15(6-10-26)25-7-1-2-8-25/h3-4,11,15,24H,1-2,5-10,21H2,(H3,20,22,23). The molecule has 6 N–H and O–H groups in total. The second-order valence-electron chi connectivity index (χ2n) is 7.32. The molecule has 3 aliphatic rings. The van der Waals surface area contributed by atoms with E-state index in [0.29, 0.717) is 17.2 Å². The first kappa shape index (κ1) is 17.1. The van der Waals surface area contributed by atoms with Crippen molar-refractivity contribution in [3.63, 3.8) is 0 Å². The number of nitrogens with two attached hydrogens (primary N) is 2. The minimum atomic E-state index is -1.14. The number of piperidine rings is 1. The number of hydrogen-bond acceptors (Lipinski definition) is 8. The van der Waals surface area contributed by atoms with E-state index in [0.717, 1.165) is 31.6 Å². The molecule has 2 fully saturated rings. The Kier molecular flexibility index (Phi) is 4.44. The number of likely N-dealkylation sites (tertiary alicyclic amines) is 1. The summed E-state index contributed by atoms with van der Waals surface area (Å²) >= 11 is 0. The second-order valence-corrected chi connectivity index (χ2v) is 7.32. The van der Waals surface area contributed by atoms with Crippen molar-refractivity contribution < 1.29 is 0 Å². The SMILES string of the molecule is N#Cc1cc(C2(N)N=C(N)NN2)ccc1N1CCC(N2CCCC2)CC1. The molecule has 0 amide bonds. The molecule has 1 atom stereocenters. The summed E-state index contributed by atoms with van der Waals surface area (Å²) in [7, 11) is 0. The van der Waals surface area contributed by atoms with E-state index in [-0.39, 0.29) is 5.96 Å². The Morgan fingerprint density at radius 1 is 1.19 bits per heavy atom. The van der Waals surface area contributed by atoms with Crippen molar-refractivity contribution in [1.29, 1.82) is 5.26 Å². The molecular formula is C18H26N8. The summed E-state index contributed by atoms with van der Waals surface area (Å²) in [6.07, 6.45) is 4.97. The van der Waals surface area contributed by atoms with E-state index >= 15 is 0 Å². The topological polar surface area (TPSA) is 119 Å². The van der Waals surface area contributed by atoms with Gasteiger partial charge < -0.3 is 15.5 Å². The van der Waals surface area contributed by atoms with E-state index in [9.17, 15) is 5.26 Å². The van der Waals surface area contributed by atoms with E-state index in [2.05, 4.69) is 31.7 Å². The van der Waals surface area contributed by atoms with Crippen molar-refractivity contribution in [1.82, 2.24) is 15.8 Å². The van der Waals surface area contributed by atoms with Crippen molar-refractivity contribution >= 4 is 11.6 Å². The number of aliphatic imine (C=N–C) groups is 1. The van der Waals surface area contributed by atoms with Gasteiger partial charge in [-0.05, 0) is 50.9 Å². The second kappa shape index (κ2) is 6.76. The highest BCUT2D eigenvalue weighted by molar-refractivity contribution is 5.79. The average molecular weight is 354 g/mol. The molecule has 1 aromatic rings. The van der Waals surface area contributed by atoms with Crippen LogP contribution in [0.5, 0.6) is 0 Å². The first-order valence-electron chi connectivity index (χ1n) is 9.30. The molecule has 0 saturated carbocycles. The third-order valence-electron chi connectivity index (χ3n) is 5.70. The first-order valence-corrected chi connectivity index (χ1v) is 9.30. The van der Waals surface area contributed by atoms with Gasteiger partial charge in [-0.25, -0.2) is 4.99 Å². The summed E-state index contributed by atoms with van der Waals surface area (Å²) in [5, 5.41) is 9.65. The fraction of sp³-hybridized carbons (Fsp3) is 0.556. The molecule has 4 rings (SSSR count). The van der Waals surface area contributed by atoms with Gasteiger partial charge >= 0.3 is 0 Å². The number of rotatable bonds is 3. The zero-order valence-electron chi connectivity index (χ0n) is 14.9. The number of anilines is 1. The number of hydrogen-bond donors (Lipinski definition) is 4. The van der Waals surface area contributed by atoms with Crippen molar-refractivity contribution in [2.24, 2.45) is 16.5 Å². The van der Waals surface area contributed by atoms with Crippen molar-refractivity contribution in [2.45, 2.75) is 37.5 Å². The predicted molar refractivity (Wildman–Crippen MR) is 101 cm³/mol. The minimum absolute atomic E-state index is 0.235. The fourth-order valence-electron chi connectivity index (χ4n) is 4.26. The maximum Gasteiger partial charge on any atom is 0.209 e. The van der Waals surface area contributed by atoms with Crippen molar-refractivity contribution in [3.8, 4) is 6.07 Å². The Bertz CT molecular complexity index is 740. The van der Waals surface area contributed by atoms with E-state index < -0.39 is 5.79 Å². The molecule has 0 aliphatic carbocycles. The van der Waals surface area contributed by atoms with Crippen molar-refractivity contribution in [3.05, 3.63) is 29.3 Å². The molecule has 26 heavy (non-hydrogen) atoms. The first-order chi connectivity index (χ1) is 12.6. The van der Waals surface area contributed by atoms with Crippen LogP contribution in [0.1, 0.15) is 36.8 Å². The summed E-state index contributed by atoms with van der Waals surface area (Å²) < 4.78 is 0. The Morgan fingerprint density at radius 3 is 2.54 bits per heavy atom. The third kappa shape index (κ3) is 3.09. The van der Waals surface area contributed by atoms with Gasteiger partial charge in [0, 0.05) is 24.7 Å². The zero-order chi connectivity index (χ0) is 18.1. The molecule has 0 aromatic heterocycles. The molecule has 8 nitrogen and oxygen atoms in total. The predicted octanol–water partition coefficient (Wildman–Crippen LogP) is 0.114. The largest absolute Gasteiger partial charge is 0.370 e. The molecular weight excluding hydrogens is 328 g/mol. The Hall–Kier alpha value is -2.34. The van der Waals surface area contributed by atoms with Gasteiger partial charge in [-0.2, -0.15) is 10.7 Å².